The molecule has 2 N–H and O–H groups in total. The molecule has 0 aromatic heterocycles. The van der Waals surface area contributed by atoms with E-state index in [1.807, 2.05) is 6.20 Å². The fourth-order valence-corrected chi connectivity index (χ4v) is 12.1. The topological polar surface area (TPSA) is 107 Å². The second-order valence-corrected chi connectivity index (χ2v) is 17.7. The van der Waals surface area contributed by atoms with Crippen LogP contribution < -0.4 is 10.6 Å². The predicted molar refractivity (Wildman–Crippen MR) is 193 cm³/mol. The molecule has 11 unspecified atom stereocenters. The van der Waals surface area contributed by atoms with Crippen molar-refractivity contribution in [1.29, 1.82) is 0 Å². The molecule has 288 valence electrons. The fraction of sp³-hybridized carbons (Fsp3) is 0.875. The number of alkyl halides is 1. The van der Waals surface area contributed by atoms with Gasteiger partial charge in [0.15, 0.2) is 5.78 Å². The lowest BCUT2D eigenvalue weighted by atomic mass is 9.67. The van der Waals surface area contributed by atoms with E-state index >= 15 is 4.39 Å². The number of carbonyl (C=O) groups is 3. The van der Waals surface area contributed by atoms with Crippen molar-refractivity contribution in [3.05, 3.63) is 11.8 Å². The molecule has 9 rings (SSSR count). The summed E-state index contributed by atoms with van der Waals surface area (Å²) < 4.78 is 30.7. The number of ketones is 1. The van der Waals surface area contributed by atoms with Gasteiger partial charge in [-0.25, -0.2) is 4.39 Å². The Kier molecular flexibility index (Phi) is 10.4. The van der Waals surface area contributed by atoms with Crippen LogP contribution >= 0.6 is 0 Å². The van der Waals surface area contributed by atoms with Gasteiger partial charge in [-0.2, -0.15) is 0 Å². The zero-order valence-corrected chi connectivity index (χ0v) is 31.0. The van der Waals surface area contributed by atoms with Crippen LogP contribution in [-0.4, -0.2) is 151 Å². The Labute approximate surface area is 308 Å². The number of Topliss-reactive ketones (excluding diaryl/α,β-unsaturated/α-hetero) is 1. The van der Waals surface area contributed by atoms with Gasteiger partial charge in [-0.3, -0.25) is 19.3 Å². The number of rotatable bonds is 9. The van der Waals surface area contributed by atoms with Crippen LogP contribution in [-0.2, 0) is 23.9 Å². The van der Waals surface area contributed by atoms with E-state index < -0.39 is 24.2 Å². The maximum absolute atomic E-state index is 16.8. The summed E-state index contributed by atoms with van der Waals surface area (Å²) in [7, 11) is 0. The molecule has 6 aliphatic heterocycles. The highest BCUT2D eigenvalue weighted by molar-refractivity contribution is 6.20. The first-order valence-electron chi connectivity index (χ1n) is 21.2. The second-order valence-electron chi connectivity index (χ2n) is 17.7. The van der Waals surface area contributed by atoms with Crippen molar-refractivity contribution >= 4 is 17.6 Å². The van der Waals surface area contributed by atoms with E-state index in [1.54, 1.807) is 0 Å². The first-order valence-corrected chi connectivity index (χ1v) is 21.2. The number of ether oxygens (including phenoxy) is 2. The monoisotopic (exact) mass is 724 g/mol. The lowest BCUT2D eigenvalue weighted by Gasteiger charge is -2.61. The summed E-state index contributed by atoms with van der Waals surface area (Å²) in [4.78, 5) is 50.1. The Balaban J connectivity index is 0.932. The average molecular weight is 725 g/mol. The molecule has 52 heavy (non-hydrogen) atoms. The third-order valence-electron chi connectivity index (χ3n) is 14.7. The highest BCUT2D eigenvalue weighted by atomic mass is 19.1. The third-order valence-corrected chi connectivity index (χ3v) is 14.7. The molecule has 12 atom stereocenters. The highest BCUT2D eigenvalue weighted by Crippen LogP contribution is 2.53. The van der Waals surface area contributed by atoms with Crippen molar-refractivity contribution in [3.63, 3.8) is 0 Å². The van der Waals surface area contributed by atoms with Gasteiger partial charge in [0.05, 0.1) is 48.1 Å². The number of hydrogen-bond donors (Lipinski definition) is 2. The van der Waals surface area contributed by atoms with E-state index in [-0.39, 0.29) is 59.9 Å². The van der Waals surface area contributed by atoms with E-state index in [1.165, 1.54) is 51.4 Å². The van der Waals surface area contributed by atoms with Gasteiger partial charge in [0.2, 0.25) is 5.91 Å². The molecule has 8 fully saturated rings. The maximum atomic E-state index is 16.8. The number of hydrogen-bond acceptors (Lipinski definition) is 9. The zero-order valence-electron chi connectivity index (χ0n) is 31.0. The summed E-state index contributed by atoms with van der Waals surface area (Å²) >= 11 is 0. The van der Waals surface area contributed by atoms with Crippen LogP contribution in [0.1, 0.15) is 89.9 Å². The summed E-state index contributed by atoms with van der Waals surface area (Å²) in [6.07, 6.45) is 14.3. The van der Waals surface area contributed by atoms with Crippen LogP contribution in [0, 0.1) is 17.8 Å². The summed E-state index contributed by atoms with van der Waals surface area (Å²) in [5.74, 6) is -0.161. The number of nitrogens with zero attached hydrogens (tertiary/aromatic N) is 4. The molecule has 0 bridgehead atoms. The normalized spacial score (nSPS) is 42.2. The number of likely N-dealkylation sites (tertiary alicyclic amines) is 3. The molecule has 0 aromatic carbocycles. The minimum atomic E-state index is -1.27. The fourth-order valence-electron chi connectivity index (χ4n) is 12.1. The number of carbonyl (C=O) groups excluding carboxylic acids is 3. The molecule has 6 heterocycles. The van der Waals surface area contributed by atoms with Gasteiger partial charge in [-0.05, 0) is 102 Å². The van der Waals surface area contributed by atoms with Crippen LogP contribution in [0.5, 0.6) is 0 Å². The largest absolute Gasteiger partial charge is 0.374 e. The lowest BCUT2D eigenvalue weighted by Crippen LogP contribution is -2.73. The standard InChI is InChI=1S/C40H61FN6O5/c41-30-20-28-36-39(37(30)46-18-10-25(23-46)43-35(48)11-17-44-13-4-1-5-14-44)52-34-21-27-26-8-2-3-9-32(26)51-33(27)22-31(34)47(36)24-29(38(28)49)40(50)42-12-19-45-15-6-7-16-45/h24-28,30-34,36-37,39H,1-23H2,(H,42,50)(H,43,48)/t25-,26?,27?,28?,30?,31?,32?,33?,34?,36?,37?,39?/m1/s1. The number of fused-ring (bicyclic) bond motifs is 5. The van der Waals surface area contributed by atoms with Crippen LogP contribution in [0.2, 0.25) is 0 Å². The quantitative estimate of drug-likeness (QED) is 0.348. The average Bonchev–Trinajstić information content (AvgIpc) is 3.92. The Morgan fingerprint density at radius 1 is 0.788 bits per heavy atom. The van der Waals surface area contributed by atoms with E-state index in [4.69, 9.17) is 9.47 Å². The Morgan fingerprint density at radius 2 is 1.56 bits per heavy atom. The highest BCUT2D eigenvalue weighted by Gasteiger charge is 2.62. The first kappa shape index (κ1) is 35.6. The van der Waals surface area contributed by atoms with Crippen molar-refractivity contribution in [2.24, 2.45) is 17.8 Å². The number of nitrogens with one attached hydrogen (secondary N) is 2. The van der Waals surface area contributed by atoms with Crippen molar-refractivity contribution in [2.45, 2.75) is 145 Å². The van der Waals surface area contributed by atoms with E-state index in [0.29, 0.717) is 44.0 Å². The van der Waals surface area contributed by atoms with Crippen LogP contribution in [0.25, 0.3) is 0 Å². The lowest BCUT2D eigenvalue weighted by molar-refractivity contribution is -0.220. The molecule has 5 saturated heterocycles. The van der Waals surface area contributed by atoms with Crippen molar-refractivity contribution in [3.8, 4) is 0 Å². The van der Waals surface area contributed by atoms with E-state index in [2.05, 4.69) is 30.2 Å². The molecule has 2 amide bonds. The molecule has 3 aliphatic carbocycles. The predicted octanol–water partition coefficient (Wildman–Crippen LogP) is 2.63. The van der Waals surface area contributed by atoms with Gasteiger partial charge in [0.1, 0.15) is 6.17 Å². The summed E-state index contributed by atoms with van der Waals surface area (Å²) in [5.41, 5.74) is 0.171. The summed E-state index contributed by atoms with van der Waals surface area (Å²) in [6, 6.07) is -0.875. The molecule has 12 heteroatoms. The second kappa shape index (κ2) is 15.2. The molecule has 0 spiro atoms. The van der Waals surface area contributed by atoms with E-state index in [0.717, 1.165) is 65.0 Å². The molecule has 0 aromatic rings. The van der Waals surface area contributed by atoms with Gasteiger partial charge < -0.3 is 34.8 Å². The summed E-state index contributed by atoms with van der Waals surface area (Å²) in [6.45, 7) is 7.58. The molecule has 0 radical (unpaired) electrons. The van der Waals surface area contributed by atoms with Crippen LogP contribution in [0.3, 0.4) is 0 Å². The molecular formula is C40H61FN6O5. The van der Waals surface area contributed by atoms with E-state index in [9.17, 15) is 14.4 Å². The van der Waals surface area contributed by atoms with Crippen LogP contribution in [0.4, 0.5) is 4.39 Å². The third kappa shape index (κ3) is 6.86. The number of morpholine rings is 1. The molecule has 9 aliphatic rings. The van der Waals surface area contributed by atoms with Crippen molar-refractivity contribution in [2.75, 3.05) is 58.9 Å². The molecule has 3 saturated carbocycles. The van der Waals surface area contributed by atoms with Crippen LogP contribution in [0.15, 0.2) is 11.8 Å². The zero-order chi connectivity index (χ0) is 35.3. The van der Waals surface area contributed by atoms with Gasteiger partial charge in [0, 0.05) is 57.3 Å². The van der Waals surface area contributed by atoms with Gasteiger partial charge >= 0.3 is 0 Å². The smallest absolute Gasteiger partial charge is 0.256 e. The Hall–Kier alpha value is -2.12. The van der Waals surface area contributed by atoms with Gasteiger partial charge in [-0.1, -0.05) is 19.3 Å². The SMILES string of the molecule is O=C(CCN1CCCCC1)N[C@@H]1CCN(C2C(F)CC3C(=O)C(C(=O)NCCN4CCCC4)=CN4C5CC6OC7CCCCC7C6CC5OC2C34)C1. The Bertz CT molecular complexity index is 1370. The number of amides is 2. The molecular weight excluding hydrogens is 663 g/mol. The minimum absolute atomic E-state index is 0.0204. The molecule has 11 nitrogen and oxygen atoms in total. The minimum Gasteiger partial charge on any atom is -0.374 e. The van der Waals surface area contributed by atoms with Crippen molar-refractivity contribution < 1.29 is 28.2 Å². The summed E-state index contributed by atoms with van der Waals surface area (Å²) in [5, 5.41) is 6.31. The van der Waals surface area contributed by atoms with Gasteiger partial charge in [-0.15, -0.1) is 0 Å². The van der Waals surface area contributed by atoms with Crippen molar-refractivity contribution in [1.82, 2.24) is 30.2 Å². The maximum Gasteiger partial charge on any atom is 0.256 e. The Morgan fingerprint density at radius 3 is 2.38 bits per heavy atom. The van der Waals surface area contributed by atoms with Gasteiger partial charge in [0.25, 0.3) is 5.91 Å². The number of halogens is 1. The number of piperidine rings is 1. The first-order chi connectivity index (χ1) is 25.4.